The highest BCUT2D eigenvalue weighted by Gasteiger charge is 2.35. The molecule has 1 aromatic carbocycles. The van der Waals surface area contributed by atoms with Crippen LogP contribution < -0.4 is 5.32 Å². The Morgan fingerprint density at radius 2 is 1.86 bits per heavy atom. The van der Waals surface area contributed by atoms with Crippen molar-refractivity contribution in [2.24, 2.45) is 17.8 Å². The summed E-state index contributed by atoms with van der Waals surface area (Å²) in [6.07, 6.45) is 2.91. The van der Waals surface area contributed by atoms with Gasteiger partial charge in [0.05, 0.1) is 5.56 Å². The molecule has 21 heavy (non-hydrogen) atoms. The second-order valence-electron chi connectivity index (χ2n) is 6.29. The van der Waals surface area contributed by atoms with Crippen molar-refractivity contribution < 1.29 is 13.2 Å². The number of allylic oxidation sites excluding steroid dienone is 2. The molecule has 1 fully saturated rings. The van der Waals surface area contributed by atoms with Crippen LogP contribution in [0.25, 0.3) is 0 Å². The molecule has 0 aliphatic heterocycles. The van der Waals surface area contributed by atoms with Crippen molar-refractivity contribution in [2.45, 2.75) is 32.0 Å². The lowest BCUT2D eigenvalue weighted by atomic mass is 9.93. The average Bonchev–Trinajstić information content (AvgIpc) is 3.06. The highest BCUT2D eigenvalue weighted by molar-refractivity contribution is 5.26. The second kappa shape index (κ2) is 5.48. The van der Waals surface area contributed by atoms with Crippen LogP contribution in [0, 0.1) is 17.8 Å². The summed E-state index contributed by atoms with van der Waals surface area (Å²) in [6.45, 7) is 2.94. The minimum Gasteiger partial charge on any atom is -0.310 e. The standard InChI is InChI=1S/C17H20F3N/c1-11(13-4-6-16(7-5-13)17(18,19)20)21-10-15-9-12-2-3-14(15)8-12/h2-7,11-12,14-15,21H,8-10H2,1H3. The van der Waals surface area contributed by atoms with E-state index < -0.39 is 11.7 Å². The fourth-order valence-corrected chi connectivity index (χ4v) is 3.54. The zero-order chi connectivity index (χ0) is 15.0. The molecule has 0 spiro atoms. The molecule has 4 heteroatoms. The number of rotatable bonds is 4. The van der Waals surface area contributed by atoms with Gasteiger partial charge in [0.2, 0.25) is 0 Å². The van der Waals surface area contributed by atoms with E-state index in [0.717, 1.165) is 30.2 Å². The van der Waals surface area contributed by atoms with Gasteiger partial charge in [-0.2, -0.15) is 13.2 Å². The summed E-state index contributed by atoms with van der Waals surface area (Å²) in [5, 5.41) is 3.47. The minimum atomic E-state index is -4.26. The van der Waals surface area contributed by atoms with Crippen LogP contribution in [-0.2, 0) is 6.18 Å². The van der Waals surface area contributed by atoms with Crippen molar-refractivity contribution in [3.63, 3.8) is 0 Å². The van der Waals surface area contributed by atoms with E-state index in [2.05, 4.69) is 17.5 Å². The Morgan fingerprint density at radius 3 is 2.38 bits per heavy atom. The van der Waals surface area contributed by atoms with E-state index in [1.807, 2.05) is 6.92 Å². The molecule has 2 bridgehead atoms. The fraction of sp³-hybridized carbons (Fsp3) is 0.529. The summed E-state index contributed by atoms with van der Waals surface area (Å²) in [5.41, 5.74) is 0.318. The van der Waals surface area contributed by atoms with Gasteiger partial charge in [-0.25, -0.2) is 0 Å². The highest BCUT2D eigenvalue weighted by atomic mass is 19.4. The minimum absolute atomic E-state index is 0.0791. The van der Waals surface area contributed by atoms with Crippen LogP contribution in [0.4, 0.5) is 13.2 Å². The molecule has 4 unspecified atom stereocenters. The van der Waals surface area contributed by atoms with E-state index in [9.17, 15) is 13.2 Å². The van der Waals surface area contributed by atoms with Gasteiger partial charge < -0.3 is 5.32 Å². The molecule has 0 heterocycles. The van der Waals surface area contributed by atoms with Crippen LogP contribution in [0.15, 0.2) is 36.4 Å². The Morgan fingerprint density at radius 1 is 1.14 bits per heavy atom. The zero-order valence-electron chi connectivity index (χ0n) is 12.0. The molecule has 114 valence electrons. The lowest BCUT2D eigenvalue weighted by Gasteiger charge is -2.22. The highest BCUT2D eigenvalue weighted by Crippen LogP contribution is 2.43. The molecule has 0 amide bonds. The van der Waals surface area contributed by atoms with E-state index in [-0.39, 0.29) is 6.04 Å². The van der Waals surface area contributed by atoms with E-state index in [1.165, 1.54) is 12.8 Å². The monoisotopic (exact) mass is 295 g/mol. The van der Waals surface area contributed by atoms with Gasteiger partial charge in [-0.05, 0) is 61.8 Å². The molecule has 1 nitrogen and oxygen atoms in total. The third kappa shape index (κ3) is 3.15. The molecule has 0 aromatic heterocycles. The Labute approximate surface area is 123 Å². The van der Waals surface area contributed by atoms with Crippen LogP contribution >= 0.6 is 0 Å². The van der Waals surface area contributed by atoms with Crippen LogP contribution in [0.2, 0.25) is 0 Å². The molecular formula is C17H20F3N. The first-order valence-corrected chi connectivity index (χ1v) is 7.52. The van der Waals surface area contributed by atoms with Crippen LogP contribution in [-0.4, -0.2) is 6.54 Å². The maximum Gasteiger partial charge on any atom is 0.416 e. The first kappa shape index (κ1) is 14.6. The van der Waals surface area contributed by atoms with Crippen LogP contribution in [0.1, 0.15) is 36.9 Å². The topological polar surface area (TPSA) is 12.0 Å². The SMILES string of the molecule is CC(NCC1CC2C=CC1C2)c1ccc(C(F)(F)F)cc1. The van der Waals surface area contributed by atoms with E-state index in [0.29, 0.717) is 11.8 Å². The normalized spacial score (nSPS) is 29.0. The van der Waals surface area contributed by atoms with E-state index >= 15 is 0 Å². The summed E-state index contributed by atoms with van der Waals surface area (Å²) < 4.78 is 37.6. The van der Waals surface area contributed by atoms with Gasteiger partial charge >= 0.3 is 6.18 Å². The molecule has 1 saturated carbocycles. The van der Waals surface area contributed by atoms with E-state index in [1.54, 1.807) is 12.1 Å². The summed E-state index contributed by atoms with van der Waals surface area (Å²) in [4.78, 5) is 0. The van der Waals surface area contributed by atoms with Gasteiger partial charge in [0, 0.05) is 6.04 Å². The van der Waals surface area contributed by atoms with Crippen molar-refractivity contribution in [1.82, 2.24) is 5.32 Å². The molecule has 1 N–H and O–H groups in total. The molecule has 4 atom stereocenters. The maximum absolute atomic E-state index is 12.5. The third-order valence-corrected chi connectivity index (χ3v) is 4.84. The number of hydrogen-bond acceptors (Lipinski definition) is 1. The molecule has 1 aromatic rings. The second-order valence-corrected chi connectivity index (χ2v) is 6.29. The average molecular weight is 295 g/mol. The summed E-state index contributed by atoms with van der Waals surface area (Å²) in [6, 6.07) is 5.54. The quantitative estimate of drug-likeness (QED) is 0.802. The Hall–Kier alpha value is -1.29. The molecule has 0 saturated heterocycles. The smallest absolute Gasteiger partial charge is 0.310 e. The molecular weight excluding hydrogens is 275 g/mol. The summed E-state index contributed by atoms with van der Waals surface area (Å²) >= 11 is 0. The predicted molar refractivity (Wildman–Crippen MR) is 76.7 cm³/mol. The first-order chi connectivity index (χ1) is 9.93. The van der Waals surface area contributed by atoms with Crippen molar-refractivity contribution in [3.05, 3.63) is 47.5 Å². The maximum atomic E-state index is 12.5. The largest absolute Gasteiger partial charge is 0.416 e. The Kier molecular flexibility index (Phi) is 3.82. The lowest BCUT2D eigenvalue weighted by Crippen LogP contribution is -2.27. The van der Waals surface area contributed by atoms with Gasteiger partial charge in [-0.15, -0.1) is 0 Å². The van der Waals surface area contributed by atoms with Crippen LogP contribution in [0.3, 0.4) is 0 Å². The van der Waals surface area contributed by atoms with Gasteiger partial charge in [-0.1, -0.05) is 24.3 Å². The number of nitrogens with one attached hydrogen (secondary N) is 1. The molecule has 0 radical (unpaired) electrons. The first-order valence-electron chi connectivity index (χ1n) is 7.52. The van der Waals surface area contributed by atoms with Crippen molar-refractivity contribution in [3.8, 4) is 0 Å². The molecule has 2 aliphatic rings. The Balaban J connectivity index is 1.55. The number of hydrogen-bond donors (Lipinski definition) is 1. The summed E-state index contributed by atoms with van der Waals surface area (Å²) in [7, 11) is 0. The van der Waals surface area contributed by atoms with Crippen molar-refractivity contribution >= 4 is 0 Å². The lowest BCUT2D eigenvalue weighted by molar-refractivity contribution is -0.137. The van der Waals surface area contributed by atoms with Crippen molar-refractivity contribution in [2.75, 3.05) is 6.54 Å². The number of alkyl halides is 3. The molecule has 2 aliphatic carbocycles. The van der Waals surface area contributed by atoms with Gasteiger partial charge in [0.15, 0.2) is 0 Å². The number of benzene rings is 1. The van der Waals surface area contributed by atoms with Crippen molar-refractivity contribution in [1.29, 1.82) is 0 Å². The Bertz CT molecular complexity index is 518. The number of fused-ring (bicyclic) bond motifs is 2. The third-order valence-electron chi connectivity index (χ3n) is 4.84. The van der Waals surface area contributed by atoms with Gasteiger partial charge in [0.25, 0.3) is 0 Å². The van der Waals surface area contributed by atoms with Crippen LogP contribution in [0.5, 0.6) is 0 Å². The van der Waals surface area contributed by atoms with E-state index in [4.69, 9.17) is 0 Å². The zero-order valence-corrected chi connectivity index (χ0v) is 12.0. The summed E-state index contributed by atoms with van der Waals surface area (Å²) in [5.74, 6) is 2.13. The van der Waals surface area contributed by atoms with Gasteiger partial charge in [0.1, 0.15) is 0 Å². The predicted octanol–water partition coefficient (Wildman–Crippen LogP) is 4.57. The number of halogens is 3. The van der Waals surface area contributed by atoms with Gasteiger partial charge in [-0.3, -0.25) is 0 Å². The fourth-order valence-electron chi connectivity index (χ4n) is 3.54. The molecule has 3 rings (SSSR count).